The lowest BCUT2D eigenvalue weighted by molar-refractivity contribution is -0.870. The van der Waals surface area contributed by atoms with Crippen molar-refractivity contribution < 1.29 is 42.1 Å². The van der Waals surface area contributed by atoms with E-state index in [-0.39, 0.29) is 32.0 Å². The van der Waals surface area contributed by atoms with Crippen LogP contribution in [0.25, 0.3) is 0 Å². The van der Waals surface area contributed by atoms with Crippen molar-refractivity contribution >= 4 is 19.8 Å². The zero-order chi connectivity index (χ0) is 49.2. The first-order valence-electron chi connectivity index (χ1n) is 28.2. The highest BCUT2D eigenvalue weighted by Crippen LogP contribution is 2.43. The van der Waals surface area contributed by atoms with Crippen LogP contribution in [0, 0.1) is 0 Å². The van der Waals surface area contributed by atoms with Crippen LogP contribution in [0.1, 0.15) is 264 Å². The van der Waals surface area contributed by atoms with Crippen LogP contribution in [0.3, 0.4) is 0 Å². The first-order chi connectivity index (χ1) is 32.5. The molecule has 67 heavy (non-hydrogen) atoms. The fourth-order valence-electron chi connectivity index (χ4n) is 7.98. The Balaban J connectivity index is 4.17. The topological polar surface area (TPSA) is 108 Å². The van der Waals surface area contributed by atoms with Crippen molar-refractivity contribution in [1.29, 1.82) is 0 Å². The van der Waals surface area contributed by atoms with Crippen molar-refractivity contribution in [3.63, 3.8) is 0 Å². The summed E-state index contributed by atoms with van der Waals surface area (Å²) in [4.78, 5) is 35.6. The van der Waals surface area contributed by atoms with E-state index in [4.69, 9.17) is 18.5 Å². The summed E-state index contributed by atoms with van der Waals surface area (Å²) in [7, 11) is 1.48. The molecule has 0 aromatic carbocycles. The number of hydrogen-bond donors (Lipinski definition) is 1. The number of carbonyl (C=O) groups is 2. The maximum absolute atomic E-state index is 12.8. The van der Waals surface area contributed by atoms with Crippen molar-refractivity contribution in [1.82, 2.24) is 0 Å². The molecule has 0 aliphatic heterocycles. The summed E-state index contributed by atoms with van der Waals surface area (Å²) in [5.41, 5.74) is 0. The van der Waals surface area contributed by atoms with Gasteiger partial charge >= 0.3 is 19.8 Å². The van der Waals surface area contributed by atoms with Gasteiger partial charge in [0.25, 0.3) is 0 Å². The second kappa shape index (κ2) is 49.2. The number of phosphoric acid groups is 1. The molecule has 0 rings (SSSR count). The Kier molecular flexibility index (Phi) is 47.9. The number of likely N-dealkylation sites (N-methyl/N-ethyl adjacent to an activating group) is 1. The minimum atomic E-state index is -4.38. The molecule has 394 valence electrons. The van der Waals surface area contributed by atoms with Gasteiger partial charge in [-0.25, -0.2) is 4.57 Å². The van der Waals surface area contributed by atoms with Crippen LogP contribution in [0.5, 0.6) is 0 Å². The Labute approximate surface area is 414 Å². The van der Waals surface area contributed by atoms with Gasteiger partial charge in [0.1, 0.15) is 19.8 Å². The minimum Gasteiger partial charge on any atom is -0.462 e. The molecular formula is C57H109NO8P+. The van der Waals surface area contributed by atoms with E-state index < -0.39 is 26.5 Å². The number of phosphoric ester groups is 1. The number of unbranched alkanes of at least 4 members (excludes halogenated alkanes) is 32. The third-order valence-corrected chi connectivity index (χ3v) is 13.4. The summed E-state index contributed by atoms with van der Waals surface area (Å²) in [5, 5.41) is 0. The summed E-state index contributed by atoms with van der Waals surface area (Å²) in [6, 6.07) is 0. The fraction of sp³-hybridized carbons (Fsp3) is 0.860. The average Bonchev–Trinajstić information content (AvgIpc) is 3.29. The fourth-order valence-corrected chi connectivity index (χ4v) is 8.72. The number of carbonyl (C=O) groups excluding carboxylic acids is 2. The number of hydrogen-bond acceptors (Lipinski definition) is 7. The highest BCUT2D eigenvalue weighted by molar-refractivity contribution is 7.47. The van der Waals surface area contributed by atoms with Gasteiger partial charge in [-0.2, -0.15) is 0 Å². The number of nitrogens with zero attached hydrogens (tertiary/aromatic N) is 1. The molecule has 2 unspecified atom stereocenters. The molecule has 1 N–H and O–H groups in total. The lowest BCUT2D eigenvalue weighted by Gasteiger charge is -2.24. The van der Waals surface area contributed by atoms with E-state index in [1.807, 2.05) is 21.1 Å². The highest BCUT2D eigenvalue weighted by atomic mass is 31.2. The molecule has 0 heterocycles. The van der Waals surface area contributed by atoms with E-state index >= 15 is 0 Å². The maximum atomic E-state index is 12.8. The first kappa shape index (κ1) is 65.2. The van der Waals surface area contributed by atoms with Crippen LogP contribution < -0.4 is 0 Å². The molecule has 0 spiro atoms. The van der Waals surface area contributed by atoms with Gasteiger partial charge in [-0.15, -0.1) is 0 Å². The molecular weight excluding hydrogens is 858 g/mol. The lowest BCUT2D eigenvalue weighted by Crippen LogP contribution is -2.37. The maximum Gasteiger partial charge on any atom is 0.472 e. The monoisotopic (exact) mass is 967 g/mol. The smallest absolute Gasteiger partial charge is 0.462 e. The van der Waals surface area contributed by atoms with Crippen molar-refractivity contribution in [2.24, 2.45) is 0 Å². The normalized spacial score (nSPS) is 13.6. The van der Waals surface area contributed by atoms with E-state index in [0.717, 1.165) is 38.5 Å². The van der Waals surface area contributed by atoms with E-state index in [9.17, 15) is 19.0 Å². The van der Waals surface area contributed by atoms with Gasteiger partial charge in [-0.05, 0) is 70.6 Å². The zero-order valence-corrected chi connectivity index (χ0v) is 45.5. The molecule has 10 heteroatoms. The van der Waals surface area contributed by atoms with Crippen LogP contribution in [0.15, 0.2) is 36.5 Å². The molecule has 0 saturated heterocycles. The van der Waals surface area contributed by atoms with Gasteiger partial charge < -0.3 is 18.9 Å². The van der Waals surface area contributed by atoms with E-state index in [2.05, 4.69) is 50.3 Å². The number of esters is 2. The van der Waals surface area contributed by atoms with Crippen LogP contribution in [-0.4, -0.2) is 74.9 Å². The SMILES string of the molecule is CCCCCCC/C=C\C/C=C\CCCCCCCCCCCCCCCC(=O)OC(COC(=O)CCCCCCCCC/C=C\CCCCCCCCC)COP(=O)(O)OCC[N+](C)(C)C. The van der Waals surface area contributed by atoms with Crippen LogP contribution in [0.2, 0.25) is 0 Å². The van der Waals surface area contributed by atoms with Crippen molar-refractivity contribution in [3.05, 3.63) is 36.5 Å². The van der Waals surface area contributed by atoms with Gasteiger partial charge in [-0.1, -0.05) is 217 Å². The third-order valence-electron chi connectivity index (χ3n) is 12.4. The Morgan fingerprint density at radius 3 is 1.19 bits per heavy atom. The Bertz CT molecular complexity index is 1230. The standard InChI is InChI=1S/C57H108NO8P/c1-6-8-10-12-14-16-18-20-22-24-26-27-28-29-30-31-32-34-36-38-40-42-44-46-48-50-57(60)66-55(54-65-67(61,62)64-52-51-58(3,4)5)53-63-56(59)49-47-45-43-41-39-37-35-33-25-23-21-19-17-15-13-11-9-7-2/h18,20,23-26,55H,6-17,19,21-22,27-54H2,1-5H3/p+1/b20-18-,25-23-,26-24-. The van der Waals surface area contributed by atoms with Gasteiger partial charge in [0, 0.05) is 12.8 Å². The molecule has 0 fully saturated rings. The molecule has 0 radical (unpaired) electrons. The van der Waals surface area contributed by atoms with Crippen LogP contribution in [-0.2, 0) is 32.7 Å². The van der Waals surface area contributed by atoms with Gasteiger partial charge in [0.2, 0.25) is 0 Å². The molecule has 9 nitrogen and oxygen atoms in total. The molecule has 0 aromatic heterocycles. The molecule has 0 aromatic rings. The van der Waals surface area contributed by atoms with E-state index in [1.165, 1.54) is 193 Å². The zero-order valence-electron chi connectivity index (χ0n) is 44.6. The Morgan fingerprint density at radius 1 is 0.463 bits per heavy atom. The second-order valence-corrected chi connectivity index (χ2v) is 21.8. The molecule has 2 atom stereocenters. The van der Waals surface area contributed by atoms with Crippen LogP contribution >= 0.6 is 7.82 Å². The van der Waals surface area contributed by atoms with Gasteiger partial charge in [-0.3, -0.25) is 18.6 Å². The molecule has 0 amide bonds. The number of allylic oxidation sites excluding steroid dienone is 6. The second-order valence-electron chi connectivity index (χ2n) is 20.3. The van der Waals surface area contributed by atoms with Crippen molar-refractivity contribution in [2.75, 3.05) is 47.5 Å². The minimum absolute atomic E-state index is 0.0318. The number of quaternary nitrogens is 1. The predicted molar refractivity (Wildman–Crippen MR) is 284 cm³/mol. The quantitative estimate of drug-likeness (QED) is 0.0211. The van der Waals surface area contributed by atoms with Crippen molar-refractivity contribution in [3.8, 4) is 0 Å². The van der Waals surface area contributed by atoms with E-state index in [0.29, 0.717) is 17.4 Å². The van der Waals surface area contributed by atoms with Crippen LogP contribution in [0.4, 0.5) is 0 Å². The third kappa shape index (κ3) is 53.4. The van der Waals surface area contributed by atoms with Gasteiger partial charge in [0.05, 0.1) is 27.7 Å². The summed E-state index contributed by atoms with van der Waals surface area (Å²) < 4.78 is 34.5. The van der Waals surface area contributed by atoms with Crippen molar-refractivity contribution in [2.45, 2.75) is 270 Å². The Hall–Kier alpha value is -1.77. The summed E-state index contributed by atoms with van der Waals surface area (Å²) in [6.07, 6.45) is 59.2. The first-order valence-corrected chi connectivity index (χ1v) is 29.7. The van der Waals surface area contributed by atoms with E-state index in [1.54, 1.807) is 0 Å². The predicted octanol–water partition coefficient (Wildman–Crippen LogP) is 17.2. The summed E-state index contributed by atoms with van der Waals surface area (Å²) in [5.74, 6) is -0.794. The summed E-state index contributed by atoms with van der Waals surface area (Å²) in [6.45, 7) is 4.45. The van der Waals surface area contributed by atoms with Gasteiger partial charge in [0.15, 0.2) is 6.10 Å². The number of ether oxygens (including phenoxy) is 2. The largest absolute Gasteiger partial charge is 0.472 e. The molecule has 0 saturated carbocycles. The highest BCUT2D eigenvalue weighted by Gasteiger charge is 2.27. The lowest BCUT2D eigenvalue weighted by atomic mass is 10.0. The molecule has 0 aliphatic carbocycles. The summed E-state index contributed by atoms with van der Waals surface area (Å²) >= 11 is 0. The molecule has 0 aliphatic rings. The average molecular weight is 967 g/mol. The molecule has 0 bridgehead atoms. The number of rotatable bonds is 52. The Morgan fingerprint density at radius 2 is 0.806 bits per heavy atom.